The Balaban J connectivity index is 2.07. The summed E-state index contributed by atoms with van der Waals surface area (Å²) >= 11 is 5.96. The SMILES string of the molecule is CCN1CCN(C(C)(C)CNS(=O)(=O)c2cc(Cl)ccc2OC)CC1. The van der Waals surface area contributed by atoms with E-state index in [0.717, 1.165) is 32.7 Å². The van der Waals surface area contributed by atoms with Crippen LogP contribution in [0, 0.1) is 0 Å². The Morgan fingerprint density at radius 1 is 1.24 bits per heavy atom. The van der Waals surface area contributed by atoms with E-state index in [2.05, 4.69) is 35.3 Å². The summed E-state index contributed by atoms with van der Waals surface area (Å²) in [5, 5.41) is 0.358. The van der Waals surface area contributed by atoms with Crippen molar-refractivity contribution in [3.8, 4) is 5.75 Å². The van der Waals surface area contributed by atoms with Crippen LogP contribution < -0.4 is 9.46 Å². The highest BCUT2D eigenvalue weighted by molar-refractivity contribution is 7.89. The van der Waals surface area contributed by atoms with Crippen LogP contribution in [0.15, 0.2) is 23.1 Å². The number of rotatable bonds is 7. The lowest BCUT2D eigenvalue weighted by atomic mass is 10.0. The summed E-state index contributed by atoms with van der Waals surface area (Å²) in [6.45, 7) is 11.5. The van der Waals surface area contributed by atoms with Gasteiger partial charge in [0.2, 0.25) is 10.0 Å². The highest BCUT2D eigenvalue weighted by Crippen LogP contribution is 2.27. The van der Waals surface area contributed by atoms with Crippen LogP contribution in [-0.2, 0) is 10.0 Å². The van der Waals surface area contributed by atoms with Crippen LogP contribution in [0.2, 0.25) is 5.02 Å². The maximum Gasteiger partial charge on any atom is 0.244 e. The molecule has 0 aromatic heterocycles. The van der Waals surface area contributed by atoms with Crippen molar-refractivity contribution in [1.82, 2.24) is 14.5 Å². The largest absolute Gasteiger partial charge is 0.495 e. The summed E-state index contributed by atoms with van der Waals surface area (Å²) < 4.78 is 33.3. The number of halogens is 1. The highest BCUT2D eigenvalue weighted by atomic mass is 35.5. The van der Waals surface area contributed by atoms with E-state index in [4.69, 9.17) is 16.3 Å². The van der Waals surface area contributed by atoms with Crippen molar-refractivity contribution in [3.63, 3.8) is 0 Å². The number of ether oxygens (including phenoxy) is 1. The molecule has 0 aliphatic carbocycles. The van der Waals surface area contributed by atoms with Gasteiger partial charge in [0, 0.05) is 43.3 Å². The van der Waals surface area contributed by atoms with Gasteiger partial charge in [-0.15, -0.1) is 0 Å². The summed E-state index contributed by atoms with van der Waals surface area (Å²) in [5.41, 5.74) is -0.279. The number of nitrogens with zero attached hydrogens (tertiary/aromatic N) is 2. The van der Waals surface area contributed by atoms with E-state index >= 15 is 0 Å². The average molecular weight is 390 g/mol. The van der Waals surface area contributed by atoms with Gasteiger partial charge in [-0.25, -0.2) is 13.1 Å². The number of piperazine rings is 1. The Morgan fingerprint density at radius 2 is 1.88 bits per heavy atom. The molecule has 0 saturated carbocycles. The molecule has 2 rings (SSSR count). The topological polar surface area (TPSA) is 61.9 Å². The van der Waals surface area contributed by atoms with Crippen molar-refractivity contribution in [2.45, 2.75) is 31.2 Å². The van der Waals surface area contributed by atoms with Gasteiger partial charge in [0.05, 0.1) is 7.11 Å². The van der Waals surface area contributed by atoms with Crippen LogP contribution in [0.5, 0.6) is 5.75 Å². The molecule has 1 saturated heterocycles. The fourth-order valence-corrected chi connectivity index (χ4v) is 4.63. The van der Waals surface area contributed by atoms with Gasteiger partial charge in [0.1, 0.15) is 10.6 Å². The molecule has 142 valence electrons. The smallest absolute Gasteiger partial charge is 0.244 e. The Kier molecular flexibility index (Phi) is 6.73. The number of hydrogen-bond donors (Lipinski definition) is 1. The molecule has 1 fully saturated rings. The predicted octanol–water partition coefficient (Wildman–Crippen LogP) is 2.04. The number of likely N-dealkylation sites (N-methyl/N-ethyl adjacent to an activating group) is 1. The van der Waals surface area contributed by atoms with Crippen LogP contribution in [0.1, 0.15) is 20.8 Å². The van der Waals surface area contributed by atoms with Gasteiger partial charge in [-0.2, -0.15) is 0 Å². The molecule has 1 aliphatic heterocycles. The number of sulfonamides is 1. The first-order valence-electron chi connectivity index (χ1n) is 8.50. The van der Waals surface area contributed by atoms with Gasteiger partial charge in [-0.3, -0.25) is 4.90 Å². The maximum atomic E-state index is 12.7. The van der Waals surface area contributed by atoms with E-state index < -0.39 is 10.0 Å². The lowest BCUT2D eigenvalue weighted by Crippen LogP contribution is -2.58. The molecular weight excluding hydrogens is 362 g/mol. The standard InChI is InChI=1S/C17H28ClN3O3S/c1-5-20-8-10-21(11-9-20)17(2,3)13-19-25(22,23)16-12-14(18)6-7-15(16)24-4/h6-7,12,19H,5,8-11,13H2,1-4H3. The molecule has 1 aromatic rings. The normalized spacial score (nSPS) is 17.6. The molecule has 0 spiro atoms. The maximum absolute atomic E-state index is 12.7. The molecule has 0 radical (unpaired) electrons. The Labute approximate surface area is 156 Å². The minimum Gasteiger partial charge on any atom is -0.495 e. The molecule has 0 amide bonds. The van der Waals surface area contributed by atoms with Gasteiger partial charge in [0.25, 0.3) is 0 Å². The molecule has 1 heterocycles. The molecule has 0 atom stereocenters. The van der Waals surface area contributed by atoms with Crippen molar-refractivity contribution < 1.29 is 13.2 Å². The minimum atomic E-state index is -3.71. The summed E-state index contributed by atoms with van der Waals surface area (Å²) in [7, 11) is -2.27. The second-order valence-corrected chi connectivity index (χ2v) is 9.03. The monoisotopic (exact) mass is 389 g/mol. The zero-order valence-corrected chi connectivity index (χ0v) is 17.0. The Hall–Kier alpha value is -0.860. The molecular formula is C17H28ClN3O3S. The van der Waals surface area contributed by atoms with Crippen LogP contribution in [0.4, 0.5) is 0 Å². The van der Waals surface area contributed by atoms with Crippen LogP contribution >= 0.6 is 11.6 Å². The van der Waals surface area contributed by atoms with Gasteiger partial charge in [0.15, 0.2) is 0 Å². The number of hydrogen-bond acceptors (Lipinski definition) is 5. The van der Waals surface area contributed by atoms with Gasteiger partial charge in [-0.1, -0.05) is 18.5 Å². The highest BCUT2D eigenvalue weighted by Gasteiger charge is 2.31. The Morgan fingerprint density at radius 3 is 2.44 bits per heavy atom. The molecule has 1 N–H and O–H groups in total. The molecule has 1 aliphatic rings. The summed E-state index contributed by atoms with van der Waals surface area (Å²) in [6.07, 6.45) is 0. The fraction of sp³-hybridized carbons (Fsp3) is 0.647. The van der Waals surface area contributed by atoms with E-state index in [1.165, 1.54) is 13.2 Å². The average Bonchev–Trinajstić information content (AvgIpc) is 2.60. The van der Waals surface area contributed by atoms with Gasteiger partial charge in [-0.05, 0) is 38.6 Å². The van der Waals surface area contributed by atoms with Crippen molar-refractivity contribution in [3.05, 3.63) is 23.2 Å². The van der Waals surface area contributed by atoms with E-state index in [0.29, 0.717) is 11.6 Å². The van der Waals surface area contributed by atoms with E-state index in [1.54, 1.807) is 12.1 Å². The lowest BCUT2D eigenvalue weighted by Gasteiger charge is -2.44. The molecule has 1 aromatic carbocycles. The molecule has 8 heteroatoms. The second-order valence-electron chi connectivity index (χ2n) is 6.85. The number of methoxy groups -OCH3 is 1. The first kappa shape index (κ1) is 20.5. The van der Waals surface area contributed by atoms with Gasteiger partial charge >= 0.3 is 0 Å². The first-order chi connectivity index (χ1) is 11.7. The summed E-state index contributed by atoms with van der Waals surface area (Å²) in [6, 6.07) is 4.58. The zero-order valence-electron chi connectivity index (χ0n) is 15.4. The Bertz CT molecular complexity index is 686. The van der Waals surface area contributed by atoms with Crippen molar-refractivity contribution >= 4 is 21.6 Å². The number of nitrogens with one attached hydrogen (secondary N) is 1. The first-order valence-corrected chi connectivity index (χ1v) is 10.4. The summed E-state index contributed by atoms with van der Waals surface area (Å²) in [5.74, 6) is 0.284. The minimum absolute atomic E-state index is 0.0640. The van der Waals surface area contributed by atoms with Crippen molar-refractivity contribution in [1.29, 1.82) is 0 Å². The quantitative estimate of drug-likeness (QED) is 0.773. The van der Waals surface area contributed by atoms with E-state index in [1.807, 2.05) is 0 Å². The zero-order chi connectivity index (χ0) is 18.7. The third kappa shape index (κ3) is 5.08. The van der Waals surface area contributed by atoms with Crippen LogP contribution in [0.25, 0.3) is 0 Å². The van der Waals surface area contributed by atoms with Gasteiger partial charge < -0.3 is 9.64 Å². The third-order valence-electron chi connectivity index (χ3n) is 4.79. The molecule has 25 heavy (non-hydrogen) atoms. The summed E-state index contributed by atoms with van der Waals surface area (Å²) in [4.78, 5) is 4.79. The third-order valence-corrected chi connectivity index (χ3v) is 6.44. The predicted molar refractivity (Wildman–Crippen MR) is 101 cm³/mol. The molecule has 0 unspecified atom stereocenters. The second kappa shape index (κ2) is 8.22. The fourth-order valence-electron chi connectivity index (χ4n) is 2.99. The van der Waals surface area contributed by atoms with Crippen molar-refractivity contribution in [2.75, 3.05) is 46.4 Å². The van der Waals surface area contributed by atoms with Crippen molar-refractivity contribution in [2.24, 2.45) is 0 Å². The van der Waals surface area contributed by atoms with E-state index in [-0.39, 0.29) is 16.2 Å². The molecule has 6 nitrogen and oxygen atoms in total. The lowest BCUT2D eigenvalue weighted by molar-refractivity contribution is 0.0571. The van der Waals surface area contributed by atoms with Crippen LogP contribution in [-0.4, -0.2) is 70.1 Å². The van der Waals surface area contributed by atoms with Crippen LogP contribution in [0.3, 0.4) is 0 Å². The number of benzene rings is 1. The molecule has 0 bridgehead atoms. The van der Waals surface area contributed by atoms with E-state index in [9.17, 15) is 8.42 Å².